The molecule has 1 atom stereocenters. The number of likely N-dealkylation sites (N-methyl/N-ethyl adjacent to an activating group) is 1. The van der Waals surface area contributed by atoms with Crippen LogP contribution in [0.25, 0.3) is 0 Å². The Morgan fingerprint density at radius 2 is 2.07 bits per heavy atom. The molecule has 0 aromatic rings. The van der Waals surface area contributed by atoms with Crippen molar-refractivity contribution in [2.75, 3.05) is 13.1 Å². The van der Waals surface area contributed by atoms with E-state index in [0.29, 0.717) is 13.1 Å². The van der Waals surface area contributed by atoms with Crippen LogP contribution in [0, 0.1) is 0 Å². The Hall–Kier alpha value is -1.10. The van der Waals surface area contributed by atoms with E-state index in [4.69, 9.17) is 11.6 Å². The van der Waals surface area contributed by atoms with Crippen molar-refractivity contribution in [1.82, 2.24) is 9.80 Å². The summed E-state index contributed by atoms with van der Waals surface area (Å²) in [6, 6.07) is -0.356. The van der Waals surface area contributed by atoms with E-state index < -0.39 is 17.2 Å². The molecule has 14 heavy (non-hydrogen) atoms. The summed E-state index contributed by atoms with van der Waals surface area (Å²) in [6.45, 7) is 4.25. The Balaban J connectivity index is 2.90. The maximum atomic E-state index is 11.4. The molecular formula is C8H11ClN2O3. The molecule has 1 heterocycles. The summed E-state index contributed by atoms with van der Waals surface area (Å²) in [5.74, 6) is -1.51. The molecule has 0 N–H and O–H groups in total. The number of hydrogen-bond acceptors (Lipinski definition) is 3. The summed E-state index contributed by atoms with van der Waals surface area (Å²) in [5, 5.41) is -0.897. The van der Waals surface area contributed by atoms with Gasteiger partial charge in [-0.15, -0.1) is 0 Å². The quantitative estimate of drug-likeness (QED) is 0.364. The van der Waals surface area contributed by atoms with Crippen molar-refractivity contribution in [3.05, 3.63) is 0 Å². The summed E-state index contributed by atoms with van der Waals surface area (Å²) >= 11 is 5.20. The number of imide groups is 1. The number of piperazine rings is 1. The topological polar surface area (TPSA) is 57.7 Å². The molecule has 0 spiro atoms. The molecule has 78 valence electrons. The fourth-order valence-corrected chi connectivity index (χ4v) is 1.69. The van der Waals surface area contributed by atoms with Crippen molar-refractivity contribution < 1.29 is 14.4 Å². The lowest BCUT2D eigenvalue weighted by atomic mass is 10.2. The molecule has 1 unspecified atom stereocenters. The van der Waals surface area contributed by atoms with Crippen LogP contribution in [0.2, 0.25) is 0 Å². The summed E-state index contributed by atoms with van der Waals surface area (Å²) < 4.78 is 0. The maximum absolute atomic E-state index is 11.4. The smallest absolute Gasteiger partial charge is 0.323 e. The number of carbonyl (C=O) groups excluding carboxylic acids is 3. The predicted molar refractivity (Wildman–Crippen MR) is 49.8 cm³/mol. The first-order valence-electron chi connectivity index (χ1n) is 4.31. The standard InChI is InChI=1S/C8H11ClN2O3/c1-3-10-4-5(2)11(8(9)14)7(13)6(10)12/h5H,3-4H2,1-2H3. The van der Waals surface area contributed by atoms with Gasteiger partial charge in [0.25, 0.3) is 0 Å². The zero-order valence-corrected chi connectivity index (χ0v) is 8.74. The Labute approximate surface area is 86.6 Å². The Kier molecular flexibility index (Phi) is 3.10. The average molecular weight is 219 g/mol. The number of halogens is 1. The summed E-state index contributed by atoms with van der Waals surface area (Å²) in [4.78, 5) is 35.8. The lowest BCUT2D eigenvalue weighted by molar-refractivity contribution is -0.155. The minimum absolute atomic E-state index is 0.347. The van der Waals surface area contributed by atoms with Crippen molar-refractivity contribution in [2.24, 2.45) is 0 Å². The van der Waals surface area contributed by atoms with Gasteiger partial charge >= 0.3 is 17.2 Å². The van der Waals surface area contributed by atoms with Gasteiger partial charge in [0.05, 0.1) is 6.04 Å². The number of carbonyl (C=O) groups is 3. The van der Waals surface area contributed by atoms with Gasteiger partial charge in [-0.3, -0.25) is 19.3 Å². The third-order valence-electron chi connectivity index (χ3n) is 2.19. The zero-order chi connectivity index (χ0) is 10.9. The van der Waals surface area contributed by atoms with Crippen LogP contribution >= 0.6 is 11.6 Å². The van der Waals surface area contributed by atoms with Crippen LogP contribution in [0.4, 0.5) is 4.79 Å². The lowest BCUT2D eigenvalue weighted by Gasteiger charge is -2.35. The van der Waals surface area contributed by atoms with E-state index in [2.05, 4.69) is 0 Å². The van der Waals surface area contributed by atoms with E-state index in [1.54, 1.807) is 13.8 Å². The van der Waals surface area contributed by atoms with E-state index >= 15 is 0 Å². The normalized spacial score (nSPS) is 22.9. The lowest BCUT2D eigenvalue weighted by Crippen LogP contribution is -2.59. The molecule has 0 bridgehead atoms. The van der Waals surface area contributed by atoms with Crippen LogP contribution < -0.4 is 0 Å². The van der Waals surface area contributed by atoms with Crippen molar-refractivity contribution in [2.45, 2.75) is 19.9 Å². The number of amides is 3. The van der Waals surface area contributed by atoms with E-state index in [-0.39, 0.29) is 6.04 Å². The molecule has 0 aliphatic carbocycles. The second-order valence-corrected chi connectivity index (χ2v) is 3.44. The first-order valence-corrected chi connectivity index (χ1v) is 4.68. The maximum Gasteiger partial charge on any atom is 0.323 e. The van der Waals surface area contributed by atoms with Gasteiger partial charge in [-0.1, -0.05) is 0 Å². The van der Waals surface area contributed by atoms with Crippen molar-refractivity contribution >= 4 is 28.8 Å². The van der Waals surface area contributed by atoms with Gasteiger partial charge in [-0.05, 0) is 25.4 Å². The minimum Gasteiger partial charge on any atom is -0.333 e. The number of rotatable bonds is 1. The van der Waals surface area contributed by atoms with Gasteiger partial charge in [0.1, 0.15) is 0 Å². The van der Waals surface area contributed by atoms with Crippen LogP contribution in [0.5, 0.6) is 0 Å². The van der Waals surface area contributed by atoms with E-state index in [0.717, 1.165) is 4.90 Å². The molecule has 1 aliphatic rings. The fraction of sp³-hybridized carbons (Fsp3) is 0.625. The van der Waals surface area contributed by atoms with Gasteiger partial charge in [-0.25, -0.2) is 0 Å². The van der Waals surface area contributed by atoms with Crippen molar-refractivity contribution in [3.8, 4) is 0 Å². The Morgan fingerprint density at radius 3 is 2.50 bits per heavy atom. The molecule has 1 fully saturated rings. The molecule has 6 heteroatoms. The van der Waals surface area contributed by atoms with Gasteiger partial charge in [0, 0.05) is 13.1 Å². The molecule has 0 saturated carbocycles. The van der Waals surface area contributed by atoms with Crippen LogP contribution in [0.3, 0.4) is 0 Å². The highest BCUT2D eigenvalue weighted by Crippen LogP contribution is 2.13. The van der Waals surface area contributed by atoms with Gasteiger partial charge in [-0.2, -0.15) is 0 Å². The number of hydrogen-bond donors (Lipinski definition) is 0. The summed E-state index contributed by atoms with van der Waals surface area (Å²) in [5.41, 5.74) is 0. The highest BCUT2D eigenvalue weighted by atomic mass is 35.5. The number of nitrogens with zero attached hydrogens (tertiary/aromatic N) is 2. The first-order chi connectivity index (χ1) is 6.49. The predicted octanol–water partition coefficient (Wildman–Crippen LogP) is 0.424. The molecule has 3 amide bonds. The molecule has 0 radical (unpaired) electrons. The van der Waals surface area contributed by atoms with E-state index in [1.165, 1.54) is 4.90 Å². The molecule has 0 aromatic carbocycles. The molecular weight excluding hydrogens is 208 g/mol. The minimum atomic E-state index is -0.897. The summed E-state index contributed by atoms with van der Waals surface area (Å²) in [6.07, 6.45) is 0. The highest BCUT2D eigenvalue weighted by molar-refractivity contribution is 6.65. The fourth-order valence-electron chi connectivity index (χ4n) is 1.45. The molecule has 1 saturated heterocycles. The average Bonchev–Trinajstić information content (AvgIpc) is 2.10. The zero-order valence-electron chi connectivity index (χ0n) is 7.99. The van der Waals surface area contributed by atoms with Crippen molar-refractivity contribution in [3.63, 3.8) is 0 Å². The molecule has 5 nitrogen and oxygen atoms in total. The van der Waals surface area contributed by atoms with E-state index in [1.807, 2.05) is 0 Å². The third-order valence-corrected chi connectivity index (χ3v) is 2.37. The Bertz CT molecular complexity index is 292. The van der Waals surface area contributed by atoms with Crippen LogP contribution in [-0.4, -0.2) is 46.1 Å². The van der Waals surface area contributed by atoms with Gasteiger partial charge in [0.15, 0.2) is 0 Å². The molecule has 1 rings (SSSR count). The van der Waals surface area contributed by atoms with Crippen LogP contribution in [-0.2, 0) is 9.59 Å². The van der Waals surface area contributed by atoms with Crippen LogP contribution in [0.15, 0.2) is 0 Å². The first kappa shape index (κ1) is 11.0. The Morgan fingerprint density at radius 1 is 1.50 bits per heavy atom. The third kappa shape index (κ3) is 1.72. The molecule has 0 aromatic heterocycles. The van der Waals surface area contributed by atoms with Crippen molar-refractivity contribution in [1.29, 1.82) is 0 Å². The van der Waals surface area contributed by atoms with Gasteiger partial charge in [0.2, 0.25) is 0 Å². The second kappa shape index (κ2) is 3.96. The monoisotopic (exact) mass is 218 g/mol. The SMILES string of the molecule is CCN1CC(C)N(C(=O)Cl)C(=O)C1=O. The van der Waals surface area contributed by atoms with Crippen LogP contribution in [0.1, 0.15) is 13.8 Å². The highest BCUT2D eigenvalue weighted by Gasteiger charge is 2.39. The summed E-state index contributed by atoms with van der Waals surface area (Å²) in [7, 11) is 0. The van der Waals surface area contributed by atoms with E-state index in [9.17, 15) is 14.4 Å². The second-order valence-electron chi connectivity index (χ2n) is 3.12. The van der Waals surface area contributed by atoms with Gasteiger partial charge < -0.3 is 4.90 Å². The largest absolute Gasteiger partial charge is 0.333 e. The molecule has 1 aliphatic heterocycles.